The first-order valence-corrected chi connectivity index (χ1v) is 9.28. The summed E-state index contributed by atoms with van der Waals surface area (Å²) >= 11 is 0. The van der Waals surface area contributed by atoms with Crippen molar-refractivity contribution < 1.29 is 17.6 Å². The molecule has 1 rings (SSSR count). The number of rotatable bonds is 9. The monoisotopic (exact) mass is 359 g/mol. The summed E-state index contributed by atoms with van der Waals surface area (Å²) in [6.45, 7) is 4.81. The highest BCUT2D eigenvalue weighted by atomic mass is 32.2. The average molecular weight is 359 g/mol. The molecule has 8 heteroatoms. The summed E-state index contributed by atoms with van der Waals surface area (Å²) in [5.74, 6) is -0.539. The van der Waals surface area contributed by atoms with Crippen LogP contribution in [0.5, 0.6) is 0 Å². The lowest BCUT2D eigenvalue weighted by atomic mass is 10.2. The van der Waals surface area contributed by atoms with Gasteiger partial charge in [0, 0.05) is 26.6 Å². The molecule has 1 N–H and O–H groups in total. The zero-order valence-electron chi connectivity index (χ0n) is 14.7. The molecule has 136 valence electrons. The summed E-state index contributed by atoms with van der Waals surface area (Å²) < 4.78 is 40.1. The van der Waals surface area contributed by atoms with Gasteiger partial charge < -0.3 is 9.80 Å². The second-order valence-electron chi connectivity index (χ2n) is 5.97. The molecule has 0 radical (unpaired) electrons. The summed E-state index contributed by atoms with van der Waals surface area (Å²) in [4.78, 5) is 15.3. The van der Waals surface area contributed by atoms with Crippen molar-refractivity contribution in [3.05, 3.63) is 29.6 Å². The maximum absolute atomic E-state index is 13.2. The number of nitrogens with zero attached hydrogens (tertiary/aromatic N) is 2. The molecule has 0 spiro atoms. The molecule has 24 heavy (non-hydrogen) atoms. The maximum atomic E-state index is 13.2. The Kier molecular flexibility index (Phi) is 7.78. The van der Waals surface area contributed by atoms with Crippen molar-refractivity contribution in [1.82, 2.24) is 14.5 Å². The highest BCUT2D eigenvalue weighted by Crippen LogP contribution is 2.13. The first-order chi connectivity index (χ1) is 11.1. The third kappa shape index (κ3) is 6.54. The number of nitrogens with one attached hydrogen (secondary N) is 1. The molecule has 0 fully saturated rings. The van der Waals surface area contributed by atoms with Gasteiger partial charge in [-0.1, -0.05) is 0 Å². The minimum Gasteiger partial charge on any atom is -0.342 e. The van der Waals surface area contributed by atoms with Gasteiger partial charge in [0.25, 0.3) is 0 Å². The summed E-state index contributed by atoms with van der Waals surface area (Å²) in [7, 11) is 0.193. The fourth-order valence-electron chi connectivity index (χ4n) is 2.19. The number of carbonyl (C=O) groups excluding carboxylic acids is 1. The van der Waals surface area contributed by atoms with E-state index in [4.69, 9.17) is 0 Å². The number of halogens is 1. The quantitative estimate of drug-likeness (QED) is 0.720. The Labute approximate surface area is 143 Å². The number of carbonyl (C=O) groups is 1. The van der Waals surface area contributed by atoms with E-state index in [1.54, 1.807) is 4.90 Å². The lowest BCUT2D eigenvalue weighted by Gasteiger charge is -2.22. The van der Waals surface area contributed by atoms with E-state index in [1.165, 1.54) is 26.0 Å². The van der Waals surface area contributed by atoms with Crippen molar-refractivity contribution in [3.8, 4) is 0 Å². The number of aryl methyl sites for hydroxylation is 1. The number of benzene rings is 1. The molecule has 0 heterocycles. The van der Waals surface area contributed by atoms with E-state index in [0.29, 0.717) is 13.1 Å². The van der Waals surface area contributed by atoms with E-state index in [-0.39, 0.29) is 22.9 Å². The van der Waals surface area contributed by atoms with Gasteiger partial charge in [-0.3, -0.25) is 4.79 Å². The molecule has 0 aromatic heterocycles. The zero-order chi connectivity index (χ0) is 18.3. The van der Waals surface area contributed by atoms with E-state index in [1.807, 2.05) is 19.0 Å². The van der Waals surface area contributed by atoms with Crippen LogP contribution in [0.4, 0.5) is 4.39 Å². The highest BCUT2D eigenvalue weighted by molar-refractivity contribution is 7.89. The van der Waals surface area contributed by atoms with E-state index < -0.39 is 15.8 Å². The van der Waals surface area contributed by atoms with Crippen LogP contribution in [0, 0.1) is 12.7 Å². The third-order valence-electron chi connectivity index (χ3n) is 3.59. The van der Waals surface area contributed by atoms with Crippen LogP contribution in [0.3, 0.4) is 0 Å². The molecule has 0 bridgehead atoms. The molecule has 1 amide bonds. The second kappa shape index (κ2) is 9.10. The van der Waals surface area contributed by atoms with Crippen LogP contribution >= 0.6 is 0 Å². The van der Waals surface area contributed by atoms with E-state index in [0.717, 1.165) is 19.0 Å². The van der Waals surface area contributed by atoms with Gasteiger partial charge in [-0.25, -0.2) is 17.5 Å². The normalized spacial score (nSPS) is 11.8. The molecular weight excluding hydrogens is 333 g/mol. The van der Waals surface area contributed by atoms with Gasteiger partial charge in [-0.2, -0.15) is 0 Å². The van der Waals surface area contributed by atoms with Gasteiger partial charge in [-0.15, -0.1) is 0 Å². The topological polar surface area (TPSA) is 69.7 Å². The van der Waals surface area contributed by atoms with Crippen LogP contribution in [-0.4, -0.2) is 64.4 Å². The lowest BCUT2D eigenvalue weighted by Crippen LogP contribution is -2.38. The van der Waals surface area contributed by atoms with Crippen LogP contribution in [0.1, 0.15) is 18.9 Å². The van der Waals surface area contributed by atoms with Crippen LogP contribution in [0.25, 0.3) is 0 Å². The van der Waals surface area contributed by atoms with E-state index in [2.05, 4.69) is 4.72 Å². The predicted octanol–water partition coefficient (Wildman–Crippen LogP) is 1.21. The molecule has 0 saturated heterocycles. The summed E-state index contributed by atoms with van der Waals surface area (Å²) in [5, 5.41) is 0. The van der Waals surface area contributed by atoms with Gasteiger partial charge in [0.2, 0.25) is 15.9 Å². The molecule has 6 nitrogen and oxygen atoms in total. The smallest absolute Gasteiger partial charge is 0.240 e. The first kappa shape index (κ1) is 20.5. The van der Waals surface area contributed by atoms with Gasteiger partial charge >= 0.3 is 0 Å². The van der Waals surface area contributed by atoms with Crippen LogP contribution < -0.4 is 4.72 Å². The molecule has 1 aromatic rings. The van der Waals surface area contributed by atoms with Gasteiger partial charge in [0.05, 0.1) is 4.90 Å². The standard InChI is InChI=1S/C16H26FN3O3S/c1-13-12-15(6-7-16(13)17)24(22,23)18-8-11-20(14(2)21)10-5-9-19(3)4/h6-7,12,18H,5,8-11H2,1-4H3. The molecule has 0 aliphatic carbocycles. The average Bonchev–Trinajstić information content (AvgIpc) is 2.47. The van der Waals surface area contributed by atoms with E-state index >= 15 is 0 Å². The summed E-state index contributed by atoms with van der Waals surface area (Å²) in [6, 6.07) is 3.65. The maximum Gasteiger partial charge on any atom is 0.240 e. The zero-order valence-corrected chi connectivity index (χ0v) is 15.5. The van der Waals surface area contributed by atoms with E-state index in [9.17, 15) is 17.6 Å². The van der Waals surface area contributed by atoms with Crippen molar-refractivity contribution in [2.24, 2.45) is 0 Å². The lowest BCUT2D eigenvalue weighted by molar-refractivity contribution is -0.128. The SMILES string of the molecule is CC(=O)N(CCCN(C)C)CCNS(=O)(=O)c1ccc(F)c(C)c1. The Morgan fingerprint density at radius 3 is 2.42 bits per heavy atom. The van der Waals surface area contributed by atoms with Crippen molar-refractivity contribution in [1.29, 1.82) is 0 Å². The minimum absolute atomic E-state index is 0.0170. The van der Waals surface area contributed by atoms with Crippen molar-refractivity contribution in [2.45, 2.75) is 25.2 Å². The Hall–Kier alpha value is -1.51. The number of hydrogen-bond donors (Lipinski definition) is 1. The largest absolute Gasteiger partial charge is 0.342 e. The number of amides is 1. The van der Waals surface area contributed by atoms with Gasteiger partial charge in [-0.05, 0) is 57.7 Å². The fourth-order valence-corrected chi connectivity index (χ4v) is 3.29. The Bertz CT molecular complexity index is 663. The fraction of sp³-hybridized carbons (Fsp3) is 0.562. The highest BCUT2D eigenvalue weighted by Gasteiger charge is 2.16. The predicted molar refractivity (Wildman–Crippen MR) is 91.8 cm³/mol. The summed E-state index contributed by atoms with van der Waals surface area (Å²) in [5.41, 5.74) is 0.270. The Morgan fingerprint density at radius 1 is 1.21 bits per heavy atom. The minimum atomic E-state index is -3.72. The molecule has 0 atom stereocenters. The Balaban J connectivity index is 2.59. The number of hydrogen-bond acceptors (Lipinski definition) is 4. The molecule has 0 unspecified atom stereocenters. The van der Waals surface area contributed by atoms with Crippen molar-refractivity contribution in [2.75, 3.05) is 40.3 Å². The van der Waals surface area contributed by atoms with Gasteiger partial charge in [0.1, 0.15) is 5.82 Å². The van der Waals surface area contributed by atoms with Gasteiger partial charge in [0.15, 0.2) is 0 Å². The summed E-state index contributed by atoms with van der Waals surface area (Å²) in [6.07, 6.45) is 0.816. The molecule has 0 aliphatic rings. The third-order valence-corrected chi connectivity index (χ3v) is 5.05. The first-order valence-electron chi connectivity index (χ1n) is 7.79. The number of sulfonamides is 1. The van der Waals surface area contributed by atoms with Crippen molar-refractivity contribution in [3.63, 3.8) is 0 Å². The molecule has 0 saturated carbocycles. The van der Waals surface area contributed by atoms with Crippen LogP contribution in [-0.2, 0) is 14.8 Å². The molecule has 1 aromatic carbocycles. The van der Waals surface area contributed by atoms with Crippen molar-refractivity contribution >= 4 is 15.9 Å². The Morgan fingerprint density at radius 2 is 1.88 bits per heavy atom. The second-order valence-corrected chi connectivity index (χ2v) is 7.74. The molecular formula is C16H26FN3O3S. The van der Waals surface area contributed by atoms with Crippen LogP contribution in [0.2, 0.25) is 0 Å². The van der Waals surface area contributed by atoms with Crippen LogP contribution in [0.15, 0.2) is 23.1 Å². The molecule has 0 aliphatic heterocycles.